The molecule has 0 amide bonds. The highest BCUT2D eigenvalue weighted by Crippen LogP contribution is 2.37. The number of pyridine rings is 1. The van der Waals surface area contributed by atoms with E-state index >= 15 is 0 Å². The average molecular weight is 464 g/mol. The van der Waals surface area contributed by atoms with Crippen molar-refractivity contribution in [3.8, 4) is 11.6 Å². The molecule has 2 N–H and O–H groups in total. The number of rotatable bonds is 7. The number of hydrogen-bond donors (Lipinski definition) is 2. The number of aryl methyl sites for hydroxylation is 1. The summed E-state index contributed by atoms with van der Waals surface area (Å²) in [6.07, 6.45) is -2.31. The molecular formula is C23H17F5N2O3. The molecule has 0 aliphatic rings. The second-order valence-corrected chi connectivity index (χ2v) is 6.94. The normalized spacial score (nSPS) is 12.2. The summed E-state index contributed by atoms with van der Waals surface area (Å²) in [5.41, 5.74) is -1.13. The van der Waals surface area contributed by atoms with Gasteiger partial charge in [-0.25, -0.2) is 18.6 Å². The van der Waals surface area contributed by atoms with Crippen molar-refractivity contribution in [2.75, 3.05) is 5.32 Å². The lowest BCUT2D eigenvalue weighted by molar-refractivity contribution is -0.138. The van der Waals surface area contributed by atoms with Crippen LogP contribution in [0.5, 0.6) is 11.6 Å². The van der Waals surface area contributed by atoms with E-state index in [2.05, 4.69) is 16.9 Å². The zero-order valence-corrected chi connectivity index (χ0v) is 17.1. The summed E-state index contributed by atoms with van der Waals surface area (Å²) in [6.45, 7) is 5.09. The number of anilines is 1. The first kappa shape index (κ1) is 23.7. The van der Waals surface area contributed by atoms with Crippen LogP contribution in [0.1, 0.15) is 33.1 Å². The number of ether oxygens (including phenoxy) is 1. The molecule has 3 aromatic rings. The van der Waals surface area contributed by atoms with Crippen molar-refractivity contribution < 1.29 is 36.6 Å². The van der Waals surface area contributed by atoms with Gasteiger partial charge in [0.2, 0.25) is 5.88 Å². The maximum absolute atomic E-state index is 14.4. The van der Waals surface area contributed by atoms with E-state index in [-0.39, 0.29) is 28.1 Å². The molecular weight excluding hydrogens is 447 g/mol. The minimum Gasteiger partial charge on any atom is -0.478 e. The molecule has 0 aliphatic heterocycles. The Labute approximate surface area is 185 Å². The summed E-state index contributed by atoms with van der Waals surface area (Å²) in [5.74, 6) is -3.98. The molecule has 0 radical (unpaired) electrons. The molecule has 1 atom stereocenters. The maximum atomic E-state index is 14.4. The van der Waals surface area contributed by atoms with Crippen LogP contribution in [0.4, 0.5) is 27.6 Å². The van der Waals surface area contributed by atoms with Crippen molar-refractivity contribution in [1.29, 1.82) is 0 Å². The molecule has 3 rings (SSSR count). The number of benzene rings is 2. The Morgan fingerprint density at radius 3 is 2.55 bits per heavy atom. The van der Waals surface area contributed by atoms with Crippen LogP contribution in [0.25, 0.3) is 0 Å². The maximum Gasteiger partial charge on any atom is 0.421 e. The van der Waals surface area contributed by atoms with E-state index in [0.717, 1.165) is 30.5 Å². The fourth-order valence-electron chi connectivity index (χ4n) is 3.21. The Balaban J connectivity index is 1.96. The fraction of sp³-hybridized carbons (Fsp3) is 0.130. The molecule has 33 heavy (non-hydrogen) atoms. The van der Waals surface area contributed by atoms with Crippen LogP contribution in [0.3, 0.4) is 0 Å². The largest absolute Gasteiger partial charge is 0.478 e. The monoisotopic (exact) mass is 464 g/mol. The van der Waals surface area contributed by atoms with Crippen molar-refractivity contribution in [3.05, 3.63) is 95.2 Å². The van der Waals surface area contributed by atoms with Gasteiger partial charge in [-0.15, -0.1) is 6.58 Å². The third kappa shape index (κ3) is 5.28. The molecule has 1 unspecified atom stereocenters. The number of aromatic nitrogens is 1. The van der Waals surface area contributed by atoms with Crippen LogP contribution in [0.2, 0.25) is 0 Å². The third-order valence-corrected chi connectivity index (χ3v) is 4.67. The molecule has 0 fully saturated rings. The topological polar surface area (TPSA) is 71.5 Å². The van der Waals surface area contributed by atoms with E-state index in [0.29, 0.717) is 6.07 Å². The van der Waals surface area contributed by atoms with Gasteiger partial charge in [-0.05, 0) is 48.9 Å². The van der Waals surface area contributed by atoms with E-state index in [1.165, 1.54) is 25.1 Å². The molecule has 0 saturated carbocycles. The number of halogens is 5. The van der Waals surface area contributed by atoms with Gasteiger partial charge in [0.1, 0.15) is 22.9 Å². The number of hydrogen-bond acceptors (Lipinski definition) is 4. The molecule has 5 nitrogen and oxygen atoms in total. The van der Waals surface area contributed by atoms with Crippen LogP contribution >= 0.6 is 0 Å². The van der Waals surface area contributed by atoms with Crippen molar-refractivity contribution in [2.24, 2.45) is 0 Å². The highest BCUT2D eigenvalue weighted by atomic mass is 19.4. The number of carboxylic acids is 1. The highest BCUT2D eigenvalue weighted by Gasteiger charge is 2.35. The van der Waals surface area contributed by atoms with Gasteiger partial charge < -0.3 is 15.2 Å². The van der Waals surface area contributed by atoms with E-state index in [1.807, 2.05) is 0 Å². The Hall–Kier alpha value is -3.95. The zero-order valence-electron chi connectivity index (χ0n) is 17.1. The second-order valence-electron chi connectivity index (χ2n) is 6.94. The molecule has 1 aromatic heterocycles. The predicted octanol–water partition coefficient (Wildman–Crippen LogP) is 6.52. The first-order valence-corrected chi connectivity index (χ1v) is 9.43. The van der Waals surface area contributed by atoms with E-state index < -0.39 is 41.3 Å². The van der Waals surface area contributed by atoms with Gasteiger partial charge in [-0.2, -0.15) is 13.2 Å². The summed E-state index contributed by atoms with van der Waals surface area (Å²) in [6, 6.07) is 6.26. The number of nitrogens with one attached hydrogen (secondary N) is 1. The SMILES string of the molecule is C=CC(Nc1ccc(Oc2ncccc2C(F)(F)F)cc1C(=O)O)c1c(C)cc(F)cc1F. The minimum absolute atomic E-state index is 0.0138. The Morgan fingerprint density at radius 2 is 1.94 bits per heavy atom. The van der Waals surface area contributed by atoms with Crippen LogP contribution in [-0.4, -0.2) is 16.1 Å². The summed E-state index contributed by atoms with van der Waals surface area (Å²) in [4.78, 5) is 15.4. The van der Waals surface area contributed by atoms with Gasteiger partial charge in [0.25, 0.3) is 0 Å². The number of aromatic carboxylic acids is 1. The summed E-state index contributed by atoms with van der Waals surface area (Å²) in [5, 5.41) is 12.4. The lowest BCUT2D eigenvalue weighted by Gasteiger charge is -2.21. The molecule has 0 aliphatic carbocycles. The van der Waals surface area contributed by atoms with Gasteiger partial charge in [0.05, 0.1) is 11.6 Å². The molecule has 0 bridgehead atoms. The van der Waals surface area contributed by atoms with E-state index in [4.69, 9.17) is 4.74 Å². The van der Waals surface area contributed by atoms with Gasteiger partial charge >= 0.3 is 12.1 Å². The average Bonchev–Trinajstić information content (AvgIpc) is 2.72. The van der Waals surface area contributed by atoms with Gasteiger partial charge in [0.15, 0.2) is 0 Å². The van der Waals surface area contributed by atoms with Crippen LogP contribution in [0, 0.1) is 18.6 Å². The molecule has 0 spiro atoms. The summed E-state index contributed by atoms with van der Waals surface area (Å²) in [7, 11) is 0. The lowest BCUT2D eigenvalue weighted by atomic mass is 9.99. The predicted molar refractivity (Wildman–Crippen MR) is 110 cm³/mol. The van der Waals surface area contributed by atoms with Gasteiger partial charge in [-0.3, -0.25) is 0 Å². The summed E-state index contributed by atoms with van der Waals surface area (Å²) < 4.78 is 72.5. The smallest absolute Gasteiger partial charge is 0.421 e. The minimum atomic E-state index is -4.73. The molecule has 0 saturated heterocycles. The van der Waals surface area contributed by atoms with E-state index in [1.54, 1.807) is 0 Å². The quantitative estimate of drug-likeness (QED) is 0.308. The van der Waals surface area contributed by atoms with Crippen LogP contribution in [-0.2, 0) is 6.18 Å². The molecule has 10 heteroatoms. The van der Waals surface area contributed by atoms with Crippen molar-refractivity contribution in [2.45, 2.75) is 19.1 Å². The standard InChI is InChI=1S/C23H17F5N2O3/c1-3-18(20-12(2)9-13(24)10-17(20)25)30-19-7-6-14(11-15(19)22(31)32)33-21-16(23(26,27)28)5-4-8-29-21/h3-11,18,30H,1H2,2H3,(H,31,32). The molecule has 172 valence electrons. The highest BCUT2D eigenvalue weighted by molar-refractivity contribution is 5.95. The van der Waals surface area contributed by atoms with Crippen LogP contribution < -0.4 is 10.1 Å². The second kappa shape index (κ2) is 9.27. The van der Waals surface area contributed by atoms with Crippen molar-refractivity contribution in [3.63, 3.8) is 0 Å². The third-order valence-electron chi connectivity index (χ3n) is 4.67. The fourth-order valence-corrected chi connectivity index (χ4v) is 3.21. The number of alkyl halides is 3. The molecule has 2 aromatic carbocycles. The van der Waals surface area contributed by atoms with Gasteiger partial charge in [-0.1, -0.05) is 6.08 Å². The van der Waals surface area contributed by atoms with Crippen molar-refractivity contribution in [1.82, 2.24) is 4.98 Å². The first-order valence-electron chi connectivity index (χ1n) is 9.43. The first-order chi connectivity index (χ1) is 15.5. The number of nitrogens with zero attached hydrogens (tertiary/aromatic N) is 1. The number of carbonyl (C=O) groups is 1. The van der Waals surface area contributed by atoms with Crippen molar-refractivity contribution >= 4 is 11.7 Å². The lowest BCUT2D eigenvalue weighted by Crippen LogP contribution is -2.14. The summed E-state index contributed by atoms with van der Waals surface area (Å²) >= 11 is 0. The van der Waals surface area contributed by atoms with Crippen LogP contribution in [0.15, 0.2) is 61.3 Å². The van der Waals surface area contributed by atoms with Gasteiger partial charge in [0, 0.05) is 23.5 Å². The Morgan fingerprint density at radius 1 is 1.21 bits per heavy atom. The molecule has 1 heterocycles. The Kier molecular flexibility index (Phi) is 6.66. The van der Waals surface area contributed by atoms with E-state index in [9.17, 15) is 31.9 Å². The zero-order chi connectivity index (χ0) is 24.3. The number of carboxylic acid groups (broad SMARTS) is 1. The Bertz CT molecular complexity index is 1190.